The predicted octanol–water partition coefficient (Wildman–Crippen LogP) is 1.59. The predicted molar refractivity (Wildman–Crippen MR) is 73.3 cm³/mol. The van der Waals surface area contributed by atoms with Crippen molar-refractivity contribution in [3.05, 3.63) is 0 Å². The second-order valence-electron chi connectivity index (χ2n) is 5.48. The third kappa shape index (κ3) is 3.38. The fourth-order valence-electron chi connectivity index (χ4n) is 2.79. The van der Waals surface area contributed by atoms with Gasteiger partial charge in [-0.15, -0.1) is 0 Å². The zero-order valence-electron chi connectivity index (χ0n) is 10.9. The Morgan fingerprint density at radius 2 is 2.29 bits per heavy atom. The molecule has 1 N–H and O–H groups in total. The summed E-state index contributed by atoms with van der Waals surface area (Å²) in [7, 11) is 1.91. The van der Waals surface area contributed by atoms with Crippen LogP contribution in [0.1, 0.15) is 26.2 Å². The van der Waals surface area contributed by atoms with Gasteiger partial charge in [-0.05, 0) is 49.7 Å². The molecule has 2 aliphatic heterocycles. The Morgan fingerprint density at radius 3 is 2.94 bits per heavy atom. The summed E-state index contributed by atoms with van der Waals surface area (Å²) in [5.41, 5.74) is 0. The first-order chi connectivity index (χ1) is 8.20. The third-order valence-electron chi connectivity index (χ3n) is 3.99. The molecule has 3 atom stereocenters. The summed E-state index contributed by atoms with van der Waals surface area (Å²) in [6.07, 6.45) is 3.43. The molecule has 2 rings (SSSR count). The van der Waals surface area contributed by atoms with E-state index in [-0.39, 0.29) is 6.04 Å². The van der Waals surface area contributed by atoms with E-state index in [4.69, 9.17) is 0 Å². The number of hydrogen-bond donors (Lipinski definition) is 1. The number of carbonyl (C=O) groups is 1. The number of likely N-dealkylation sites (tertiary alicyclic amines) is 1. The molecule has 0 aromatic heterocycles. The summed E-state index contributed by atoms with van der Waals surface area (Å²) < 4.78 is 0. The van der Waals surface area contributed by atoms with Crippen molar-refractivity contribution in [3.8, 4) is 0 Å². The zero-order valence-corrected chi connectivity index (χ0v) is 11.8. The normalized spacial score (nSPS) is 35.1. The van der Waals surface area contributed by atoms with Crippen molar-refractivity contribution in [2.24, 2.45) is 11.8 Å². The van der Waals surface area contributed by atoms with Crippen molar-refractivity contribution in [1.82, 2.24) is 10.2 Å². The Morgan fingerprint density at radius 1 is 1.47 bits per heavy atom. The van der Waals surface area contributed by atoms with E-state index in [9.17, 15) is 4.79 Å². The van der Waals surface area contributed by atoms with Gasteiger partial charge in [-0.1, -0.05) is 6.92 Å². The highest BCUT2D eigenvalue weighted by molar-refractivity contribution is 7.99. The smallest absolute Gasteiger partial charge is 0.239 e. The molecule has 3 nitrogen and oxygen atoms in total. The number of rotatable bonds is 3. The van der Waals surface area contributed by atoms with Gasteiger partial charge in [-0.2, -0.15) is 11.8 Å². The molecule has 1 amide bonds. The van der Waals surface area contributed by atoms with Crippen LogP contribution in [0.15, 0.2) is 0 Å². The lowest BCUT2D eigenvalue weighted by Crippen LogP contribution is -2.45. The zero-order chi connectivity index (χ0) is 12.3. The Bertz CT molecular complexity index is 266. The molecule has 2 fully saturated rings. The molecule has 0 bridgehead atoms. The van der Waals surface area contributed by atoms with Crippen molar-refractivity contribution in [2.75, 3.05) is 31.6 Å². The van der Waals surface area contributed by atoms with Crippen LogP contribution >= 0.6 is 11.8 Å². The van der Waals surface area contributed by atoms with Gasteiger partial charge in [0, 0.05) is 13.1 Å². The number of likely N-dealkylation sites (N-methyl/N-ethyl adjacent to an activating group) is 1. The summed E-state index contributed by atoms with van der Waals surface area (Å²) >= 11 is 2.03. The highest BCUT2D eigenvalue weighted by Gasteiger charge is 2.30. The standard InChI is InChI=1S/C13H24N2OS/c1-10-3-5-15(8-11-4-6-17-9-11)13(16)12(7-10)14-2/h10-12,14H,3-9H2,1-2H3. The van der Waals surface area contributed by atoms with Crippen molar-refractivity contribution < 1.29 is 4.79 Å². The fourth-order valence-corrected chi connectivity index (χ4v) is 4.06. The number of thioether (sulfide) groups is 1. The number of carbonyl (C=O) groups excluding carboxylic acids is 1. The topological polar surface area (TPSA) is 32.3 Å². The highest BCUT2D eigenvalue weighted by atomic mass is 32.2. The number of nitrogens with one attached hydrogen (secondary N) is 1. The van der Waals surface area contributed by atoms with E-state index in [2.05, 4.69) is 17.1 Å². The molecule has 2 heterocycles. The van der Waals surface area contributed by atoms with Gasteiger partial charge in [-0.25, -0.2) is 0 Å². The average molecular weight is 256 g/mol. The first kappa shape index (κ1) is 13.2. The van der Waals surface area contributed by atoms with Crippen LogP contribution in [0.5, 0.6) is 0 Å². The second kappa shape index (κ2) is 6.10. The van der Waals surface area contributed by atoms with Gasteiger partial charge in [-0.3, -0.25) is 4.79 Å². The minimum Gasteiger partial charge on any atom is -0.341 e. The van der Waals surface area contributed by atoms with Crippen LogP contribution in [0.2, 0.25) is 0 Å². The summed E-state index contributed by atoms with van der Waals surface area (Å²) in [5, 5.41) is 3.18. The minimum atomic E-state index is 0.0431. The summed E-state index contributed by atoms with van der Waals surface area (Å²) in [4.78, 5) is 14.5. The van der Waals surface area contributed by atoms with Gasteiger partial charge in [0.15, 0.2) is 0 Å². The highest BCUT2D eigenvalue weighted by Crippen LogP contribution is 2.26. The van der Waals surface area contributed by atoms with E-state index < -0.39 is 0 Å². The van der Waals surface area contributed by atoms with Gasteiger partial charge < -0.3 is 10.2 Å². The van der Waals surface area contributed by atoms with Crippen LogP contribution in [0.4, 0.5) is 0 Å². The average Bonchev–Trinajstić information content (AvgIpc) is 2.78. The van der Waals surface area contributed by atoms with E-state index in [1.165, 1.54) is 17.9 Å². The van der Waals surface area contributed by atoms with E-state index in [1.54, 1.807) is 0 Å². The molecule has 0 aromatic rings. The van der Waals surface area contributed by atoms with Crippen LogP contribution in [0.25, 0.3) is 0 Å². The van der Waals surface area contributed by atoms with E-state index in [1.807, 2.05) is 18.8 Å². The van der Waals surface area contributed by atoms with E-state index in [0.29, 0.717) is 11.8 Å². The first-order valence-electron chi connectivity index (χ1n) is 6.74. The quantitative estimate of drug-likeness (QED) is 0.832. The molecule has 0 radical (unpaired) electrons. The van der Waals surface area contributed by atoms with E-state index >= 15 is 0 Å². The maximum Gasteiger partial charge on any atom is 0.239 e. The molecule has 0 saturated carbocycles. The first-order valence-corrected chi connectivity index (χ1v) is 7.90. The van der Waals surface area contributed by atoms with Gasteiger partial charge in [0.05, 0.1) is 6.04 Å². The van der Waals surface area contributed by atoms with Crippen LogP contribution < -0.4 is 5.32 Å². The fraction of sp³-hybridized carbons (Fsp3) is 0.923. The van der Waals surface area contributed by atoms with Crippen molar-refractivity contribution in [1.29, 1.82) is 0 Å². The number of amides is 1. The van der Waals surface area contributed by atoms with E-state index in [0.717, 1.165) is 31.8 Å². The Labute approximate surface area is 109 Å². The van der Waals surface area contributed by atoms with Crippen molar-refractivity contribution in [3.63, 3.8) is 0 Å². The SMILES string of the molecule is CNC1CC(C)CCN(CC2CCSC2)C1=O. The summed E-state index contributed by atoms with van der Waals surface area (Å²) in [6, 6.07) is 0.0431. The van der Waals surface area contributed by atoms with Crippen LogP contribution in [0, 0.1) is 11.8 Å². The lowest BCUT2D eigenvalue weighted by Gasteiger charge is -2.26. The third-order valence-corrected chi connectivity index (χ3v) is 5.22. The Balaban J connectivity index is 1.96. The molecule has 98 valence electrons. The molecule has 0 aromatic carbocycles. The second-order valence-corrected chi connectivity index (χ2v) is 6.63. The van der Waals surface area contributed by atoms with Crippen LogP contribution in [0.3, 0.4) is 0 Å². The van der Waals surface area contributed by atoms with Gasteiger partial charge in [0.1, 0.15) is 0 Å². The Hall–Kier alpha value is -0.220. The maximum absolute atomic E-state index is 12.4. The van der Waals surface area contributed by atoms with Crippen molar-refractivity contribution in [2.45, 2.75) is 32.2 Å². The molecular formula is C13H24N2OS. The number of nitrogens with zero attached hydrogens (tertiary/aromatic N) is 1. The Kier molecular flexibility index (Phi) is 4.74. The molecule has 4 heteroatoms. The maximum atomic E-state index is 12.4. The largest absolute Gasteiger partial charge is 0.341 e. The van der Waals surface area contributed by atoms with Gasteiger partial charge >= 0.3 is 0 Å². The van der Waals surface area contributed by atoms with Crippen molar-refractivity contribution >= 4 is 17.7 Å². The monoisotopic (exact) mass is 256 g/mol. The molecule has 2 saturated heterocycles. The molecule has 0 spiro atoms. The van der Waals surface area contributed by atoms with Gasteiger partial charge in [0.25, 0.3) is 0 Å². The minimum absolute atomic E-state index is 0.0431. The molecule has 0 aliphatic carbocycles. The lowest BCUT2D eigenvalue weighted by molar-refractivity contribution is -0.133. The summed E-state index contributed by atoms with van der Waals surface area (Å²) in [5.74, 6) is 4.23. The molecule has 3 unspecified atom stereocenters. The molecular weight excluding hydrogens is 232 g/mol. The van der Waals surface area contributed by atoms with Crippen LogP contribution in [-0.4, -0.2) is 48.5 Å². The van der Waals surface area contributed by atoms with Gasteiger partial charge in [0.2, 0.25) is 5.91 Å². The molecule has 2 aliphatic rings. The van der Waals surface area contributed by atoms with Crippen LogP contribution in [-0.2, 0) is 4.79 Å². The summed E-state index contributed by atoms with van der Waals surface area (Å²) in [6.45, 7) is 4.20. The number of hydrogen-bond acceptors (Lipinski definition) is 3. The molecule has 17 heavy (non-hydrogen) atoms. The lowest BCUT2D eigenvalue weighted by atomic mass is 10.0.